The normalized spacial score (nSPS) is 39.8. The molecule has 0 saturated carbocycles. The van der Waals surface area contributed by atoms with Crippen molar-refractivity contribution in [3.8, 4) is 0 Å². The van der Waals surface area contributed by atoms with Gasteiger partial charge in [0.2, 0.25) is 0 Å². The summed E-state index contributed by atoms with van der Waals surface area (Å²) in [5.74, 6) is 0.756. The van der Waals surface area contributed by atoms with Crippen LogP contribution in [-0.2, 0) is 4.74 Å². The van der Waals surface area contributed by atoms with E-state index in [9.17, 15) is 0 Å². The van der Waals surface area contributed by atoms with Crippen LogP contribution in [0.15, 0.2) is 0 Å². The van der Waals surface area contributed by atoms with Gasteiger partial charge in [-0.1, -0.05) is 18.5 Å². The molecular formula is C6H11ClO. The Morgan fingerprint density at radius 2 is 2.38 bits per heavy atom. The standard InChI is InChI=1S/C6H11ClO/c1-5-2-3-8-6(7)4-5/h5-6H,2-4H2,1H3/t5-,6+/m0/s1. The van der Waals surface area contributed by atoms with Gasteiger partial charge in [-0.15, -0.1) is 0 Å². The van der Waals surface area contributed by atoms with Crippen molar-refractivity contribution in [1.82, 2.24) is 0 Å². The van der Waals surface area contributed by atoms with E-state index < -0.39 is 0 Å². The average molecular weight is 135 g/mol. The summed E-state index contributed by atoms with van der Waals surface area (Å²) in [4.78, 5) is 0. The Balaban J connectivity index is 2.23. The molecule has 0 aliphatic carbocycles. The van der Waals surface area contributed by atoms with Crippen LogP contribution in [0, 0.1) is 5.92 Å². The van der Waals surface area contributed by atoms with E-state index in [1.165, 1.54) is 6.42 Å². The lowest BCUT2D eigenvalue weighted by Crippen LogP contribution is -2.18. The minimum absolute atomic E-state index is 0.0150. The van der Waals surface area contributed by atoms with Gasteiger partial charge in [0.25, 0.3) is 0 Å². The molecule has 0 unspecified atom stereocenters. The largest absolute Gasteiger partial charge is 0.362 e. The number of ether oxygens (including phenoxy) is 1. The monoisotopic (exact) mass is 134 g/mol. The van der Waals surface area contributed by atoms with Crippen molar-refractivity contribution in [3.05, 3.63) is 0 Å². The van der Waals surface area contributed by atoms with Crippen molar-refractivity contribution in [2.24, 2.45) is 5.92 Å². The van der Waals surface area contributed by atoms with Crippen LogP contribution in [0.3, 0.4) is 0 Å². The van der Waals surface area contributed by atoms with Gasteiger partial charge < -0.3 is 4.74 Å². The number of halogens is 1. The summed E-state index contributed by atoms with van der Waals surface area (Å²) in [5.41, 5.74) is -0.0150. The second-order valence-electron chi connectivity index (χ2n) is 2.41. The van der Waals surface area contributed by atoms with Gasteiger partial charge in [-0.05, 0) is 18.8 Å². The fraction of sp³-hybridized carbons (Fsp3) is 1.00. The van der Waals surface area contributed by atoms with Gasteiger partial charge in [0.1, 0.15) is 5.56 Å². The highest BCUT2D eigenvalue weighted by Crippen LogP contribution is 2.20. The second-order valence-corrected chi connectivity index (χ2v) is 2.90. The lowest BCUT2D eigenvalue weighted by Gasteiger charge is -2.22. The van der Waals surface area contributed by atoms with E-state index in [4.69, 9.17) is 16.3 Å². The highest BCUT2D eigenvalue weighted by atomic mass is 35.5. The maximum absolute atomic E-state index is 5.69. The third-order valence-electron chi connectivity index (χ3n) is 1.50. The third-order valence-corrected chi connectivity index (χ3v) is 1.80. The zero-order valence-electron chi connectivity index (χ0n) is 5.06. The van der Waals surface area contributed by atoms with Gasteiger partial charge in [0, 0.05) is 6.61 Å². The van der Waals surface area contributed by atoms with Gasteiger partial charge in [-0.25, -0.2) is 0 Å². The van der Waals surface area contributed by atoms with Crippen molar-refractivity contribution in [3.63, 3.8) is 0 Å². The van der Waals surface area contributed by atoms with E-state index in [0.29, 0.717) is 0 Å². The van der Waals surface area contributed by atoms with E-state index in [0.717, 1.165) is 18.9 Å². The quantitative estimate of drug-likeness (QED) is 0.461. The van der Waals surface area contributed by atoms with E-state index in [2.05, 4.69) is 6.92 Å². The summed E-state index contributed by atoms with van der Waals surface area (Å²) >= 11 is 5.69. The first-order valence-electron chi connectivity index (χ1n) is 3.04. The first-order chi connectivity index (χ1) is 3.79. The highest BCUT2D eigenvalue weighted by molar-refractivity contribution is 6.19. The zero-order chi connectivity index (χ0) is 5.98. The first kappa shape index (κ1) is 6.37. The molecule has 2 heteroatoms. The predicted octanol–water partition coefficient (Wildman–Crippen LogP) is 2.00. The molecule has 8 heavy (non-hydrogen) atoms. The Morgan fingerprint density at radius 3 is 2.75 bits per heavy atom. The van der Waals surface area contributed by atoms with Crippen LogP contribution in [-0.4, -0.2) is 12.2 Å². The molecule has 1 saturated heterocycles. The van der Waals surface area contributed by atoms with Crippen LogP contribution in [0.1, 0.15) is 19.8 Å². The smallest absolute Gasteiger partial charge is 0.131 e. The molecule has 1 rings (SSSR count). The Labute approximate surface area is 55.0 Å². The number of hydrogen-bond donors (Lipinski definition) is 0. The molecule has 1 aliphatic heterocycles. The number of rotatable bonds is 0. The van der Waals surface area contributed by atoms with Crippen molar-refractivity contribution in [1.29, 1.82) is 0 Å². The number of hydrogen-bond acceptors (Lipinski definition) is 1. The Kier molecular flexibility index (Phi) is 2.15. The first-order valence-corrected chi connectivity index (χ1v) is 3.48. The lowest BCUT2D eigenvalue weighted by atomic mass is 10.0. The predicted molar refractivity (Wildman–Crippen MR) is 34.0 cm³/mol. The number of alkyl halides is 1. The molecule has 0 amide bonds. The van der Waals surface area contributed by atoms with Crippen LogP contribution < -0.4 is 0 Å². The molecular weight excluding hydrogens is 124 g/mol. The summed E-state index contributed by atoms with van der Waals surface area (Å²) in [6.07, 6.45) is 2.19. The van der Waals surface area contributed by atoms with Crippen molar-refractivity contribution < 1.29 is 4.74 Å². The molecule has 0 bridgehead atoms. The Morgan fingerprint density at radius 1 is 1.62 bits per heavy atom. The molecule has 1 fully saturated rings. The molecule has 1 aliphatic rings. The summed E-state index contributed by atoms with van der Waals surface area (Å²) in [6.45, 7) is 3.05. The molecule has 2 atom stereocenters. The van der Waals surface area contributed by atoms with Crippen LogP contribution in [0.2, 0.25) is 0 Å². The van der Waals surface area contributed by atoms with Crippen LogP contribution in [0.25, 0.3) is 0 Å². The van der Waals surface area contributed by atoms with Crippen LogP contribution >= 0.6 is 11.6 Å². The molecule has 0 aromatic rings. The molecule has 1 heterocycles. The zero-order valence-corrected chi connectivity index (χ0v) is 5.82. The fourth-order valence-corrected chi connectivity index (χ4v) is 1.29. The topological polar surface area (TPSA) is 9.23 Å². The van der Waals surface area contributed by atoms with E-state index in [1.54, 1.807) is 0 Å². The molecule has 0 N–H and O–H groups in total. The summed E-state index contributed by atoms with van der Waals surface area (Å²) < 4.78 is 5.11. The van der Waals surface area contributed by atoms with Crippen molar-refractivity contribution in [2.45, 2.75) is 25.3 Å². The maximum Gasteiger partial charge on any atom is 0.131 e. The molecule has 0 radical (unpaired) electrons. The van der Waals surface area contributed by atoms with Gasteiger partial charge >= 0.3 is 0 Å². The van der Waals surface area contributed by atoms with Gasteiger partial charge in [0.05, 0.1) is 0 Å². The SMILES string of the molecule is C[C@H]1CCO[C@@H](Cl)C1. The minimum atomic E-state index is -0.0150. The van der Waals surface area contributed by atoms with E-state index in [1.807, 2.05) is 0 Å². The van der Waals surface area contributed by atoms with Gasteiger partial charge in [-0.3, -0.25) is 0 Å². The van der Waals surface area contributed by atoms with E-state index in [-0.39, 0.29) is 5.56 Å². The maximum atomic E-state index is 5.69. The Hall–Kier alpha value is 0.250. The van der Waals surface area contributed by atoms with Crippen LogP contribution in [0.5, 0.6) is 0 Å². The Bertz CT molecular complexity index is 66.9. The summed E-state index contributed by atoms with van der Waals surface area (Å²) in [7, 11) is 0. The highest BCUT2D eigenvalue weighted by Gasteiger charge is 2.15. The minimum Gasteiger partial charge on any atom is -0.362 e. The second kappa shape index (κ2) is 2.70. The lowest BCUT2D eigenvalue weighted by molar-refractivity contribution is 0.0441. The molecule has 48 valence electrons. The fourth-order valence-electron chi connectivity index (χ4n) is 0.899. The molecule has 0 aromatic heterocycles. The molecule has 0 spiro atoms. The van der Waals surface area contributed by atoms with Crippen LogP contribution in [0.4, 0.5) is 0 Å². The average Bonchev–Trinajstić information content (AvgIpc) is 1.64. The van der Waals surface area contributed by atoms with Gasteiger partial charge in [-0.2, -0.15) is 0 Å². The summed E-state index contributed by atoms with van der Waals surface area (Å²) in [5, 5.41) is 0. The summed E-state index contributed by atoms with van der Waals surface area (Å²) in [6, 6.07) is 0. The van der Waals surface area contributed by atoms with Gasteiger partial charge in [0.15, 0.2) is 0 Å². The van der Waals surface area contributed by atoms with Crippen molar-refractivity contribution >= 4 is 11.6 Å². The van der Waals surface area contributed by atoms with Crippen molar-refractivity contribution in [2.75, 3.05) is 6.61 Å². The molecule has 0 aromatic carbocycles. The third kappa shape index (κ3) is 1.64. The molecule has 1 nitrogen and oxygen atoms in total. The van der Waals surface area contributed by atoms with E-state index >= 15 is 0 Å².